The smallest absolute Gasteiger partial charge is 0.417 e. The molecular weight excluding hydrogens is 731 g/mol. The number of carbonyl (C=O) groups is 4. The molecule has 0 spiro atoms. The zero-order valence-electron chi connectivity index (χ0n) is 34.1. The number of para-hydroxylation sites is 1. The topological polar surface area (TPSA) is 161 Å². The van der Waals surface area contributed by atoms with Gasteiger partial charge in [0.2, 0.25) is 5.91 Å². The van der Waals surface area contributed by atoms with Gasteiger partial charge in [0.05, 0.1) is 12.6 Å². The summed E-state index contributed by atoms with van der Waals surface area (Å²) in [6.45, 7) is 9.34. The third-order valence-corrected chi connectivity index (χ3v) is 11.8. The first-order valence-electron chi connectivity index (χ1n) is 20.4. The maximum atomic E-state index is 13.2. The van der Waals surface area contributed by atoms with Crippen LogP contribution in [0, 0.1) is 12.8 Å². The lowest BCUT2D eigenvalue weighted by atomic mass is 9.96. The van der Waals surface area contributed by atoms with Crippen molar-refractivity contribution in [3.05, 3.63) is 63.6 Å². The number of benzene rings is 2. The lowest BCUT2D eigenvalue weighted by molar-refractivity contribution is -0.151. The fourth-order valence-corrected chi connectivity index (χ4v) is 8.71. The van der Waals surface area contributed by atoms with Crippen molar-refractivity contribution in [1.29, 1.82) is 0 Å². The van der Waals surface area contributed by atoms with Gasteiger partial charge in [-0.15, -0.1) is 0 Å². The molecule has 1 aromatic heterocycles. The number of oxazole rings is 1. The number of H-pyrrole nitrogens is 1. The van der Waals surface area contributed by atoms with Crippen molar-refractivity contribution in [2.45, 2.75) is 83.3 Å². The second-order valence-electron chi connectivity index (χ2n) is 16.0. The van der Waals surface area contributed by atoms with Crippen LogP contribution in [-0.4, -0.2) is 145 Å². The predicted octanol–water partition coefficient (Wildman–Crippen LogP) is 4.48. The van der Waals surface area contributed by atoms with Crippen LogP contribution in [0.2, 0.25) is 0 Å². The highest BCUT2D eigenvalue weighted by Gasteiger charge is 2.39. The average molecular weight is 790 g/mol. The summed E-state index contributed by atoms with van der Waals surface area (Å²) < 4.78 is 15.5. The van der Waals surface area contributed by atoms with Crippen LogP contribution >= 0.6 is 0 Å². The molecule has 3 saturated heterocycles. The summed E-state index contributed by atoms with van der Waals surface area (Å²) in [4.78, 5) is 73.9. The second-order valence-corrected chi connectivity index (χ2v) is 16.0. The van der Waals surface area contributed by atoms with Gasteiger partial charge in [-0.2, -0.15) is 0 Å². The number of aromatic nitrogens is 1. The van der Waals surface area contributed by atoms with E-state index < -0.39 is 5.76 Å². The number of amides is 4. The van der Waals surface area contributed by atoms with Crippen molar-refractivity contribution < 1.29 is 33.1 Å². The quantitative estimate of drug-likeness (QED) is 0.296. The number of piperidine rings is 2. The van der Waals surface area contributed by atoms with E-state index in [9.17, 15) is 24.0 Å². The Balaban J connectivity index is 0.000000214. The Morgan fingerprint density at radius 2 is 1.63 bits per heavy atom. The van der Waals surface area contributed by atoms with Gasteiger partial charge in [-0.1, -0.05) is 31.2 Å². The molecule has 0 aliphatic carbocycles. The number of fused-ring (bicyclic) bond motifs is 2. The molecule has 4 aliphatic rings. The molecule has 57 heavy (non-hydrogen) atoms. The molecule has 15 nitrogen and oxygen atoms in total. The van der Waals surface area contributed by atoms with Crippen LogP contribution in [0.15, 0.2) is 45.6 Å². The third-order valence-electron chi connectivity index (χ3n) is 11.8. The first-order valence-corrected chi connectivity index (χ1v) is 20.4. The number of esters is 1. The average Bonchev–Trinajstić information content (AvgIpc) is 3.81. The molecule has 0 bridgehead atoms. The molecule has 3 aromatic rings. The van der Waals surface area contributed by atoms with E-state index in [0.717, 1.165) is 74.8 Å². The molecule has 15 heteroatoms. The van der Waals surface area contributed by atoms with Gasteiger partial charge in [0.15, 0.2) is 5.58 Å². The number of urea groups is 1. The first kappa shape index (κ1) is 41.7. The largest absolute Gasteiger partial charge is 0.463 e. The Labute approximate surface area is 334 Å². The summed E-state index contributed by atoms with van der Waals surface area (Å²) in [5, 5.41) is 3.00. The Morgan fingerprint density at radius 3 is 2.35 bits per heavy atom. The number of ether oxygens (including phenoxy) is 2. The van der Waals surface area contributed by atoms with Gasteiger partial charge in [0, 0.05) is 63.0 Å². The van der Waals surface area contributed by atoms with Crippen molar-refractivity contribution in [2.75, 3.05) is 78.9 Å². The van der Waals surface area contributed by atoms with Crippen LogP contribution in [0.3, 0.4) is 0 Å². The SMILES string of the molecule is COC(=O)N1CCC(N2CCc3ccccc3NC2=O)CC1.Cc1cc(C[C@@H](C)C(=O)N2CCC(N3CCC[C@H]3C(=O)OCCN(C)C)CC2)cc2oc(=O)[nH]c12. The molecule has 2 atom stereocenters. The van der Waals surface area contributed by atoms with Crippen molar-refractivity contribution in [1.82, 2.24) is 29.5 Å². The van der Waals surface area contributed by atoms with Crippen molar-refractivity contribution in [3.8, 4) is 0 Å². The van der Waals surface area contributed by atoms with Crippen molar-refractivity contribution in [2.24, 2.45) is 5.92 Å². The van der Waals surface area contributed by atoms with Crippen LogP contribution in [0.1, 0.15) is 62.1 Å². The van der Waals surface area contributed by atoms with Crippen LogP contribution in [0.4, 0.5) is 15.3 Å². The van der Waals surface area contributed by atoms with Gasteiger partial charge in [-0.25, -0.2) is 14.4 Å². The molecule has 2 N–H and O–H groups in total. The van der Waals surface area contributed by atoms with E-state index in [1.165, 1.54) is 12.7 Å². The number of carbonyl (C=O) groups excluding carboxylic acids is 4. The number of anilines is 1. The number of hydrogen-bond donors (Lipinski definition) is 2. The number of nitrogens with one attached hydrogen (secondary N) is 2. The predicted molar refractivity (Wildman–Crippen MR) is 216 cm³/mol. The zero-order valence-corrected chi connectivity index (χ0v) is 34.1. The van der Waals surface area contributed by atoms with Gasteiger partial charge in [0.1, 0.15) is 12.6 Å². The minimum atomic E-state index is -0.464. The minimum Gasteiger partial charge on any atom is -0.463 e. The number of likely N-dealkylation sites (tertiary alicyclic amines) is 3. The normalized spacial score (nSPS) is 20.1. The highest BCUT2D eigenvalue weighted by atomic mass is 16.5. The van der Waals surface area contributed by atoms with E-state index in [0.29, 0.717) is 62.9 Å². The monoisotopic (exact) mass is 789 g/mol. The van der Waals surface area contributed by atoms with E-state index in [1.54, 1.807) is 4.90 Å². The molecule has 0 saturated carbocycles. The van der Waals surface area contributed by atoms with E-state index >= 15 is 0 Å². The summed E-state index contributed by atoms with van der Waals surface area (Å²) in [5.74, 6) is -0.589. The van der Waals surface area contributed by atoms with E-state index in [-0.39, 0.29) is 42.0 Å². The molecular formula is C42H59N7O8. The molecule has 0 unspecified atom stereocenters. The number of nitrogens with zero attached hydrogens (tertiary/aromatic N) is 5. The lowest BCUT2D eigenvalue weighted by Crippen LogP contribution is -2.51. The highest BCUT2D eigenvalue weighted by Crippen LogP contribution is 2.29. The number of methoxy groups -OCH3 is 1. The molecule has 5 heterocycles. The zero-order chi connectivity index (χ0) is 40.6. The summed E-state index contributed by atoms with van der Waals surface area (Å²) in [6, 6.07) is 12.1. The number of rotatable bonds is 9. The van der Waals surface area contributed by atoms with Gasteiger partial charge in [-0.3, -0.25) is 19.5 Å². The van der Waals surface area contributed by atoms with E-state index in [1.807, 2.05) is 73.0 Å². The Kier molecular flexibility index (Phi) is 13.9. The van der Waals surface area contributed by atoms with Crippen molar-refractivity contribution in [3.63, 3.8) is 0 Å². The Bertz CT molecular complexity index is 1930. The van der Waals surface area contributed by atoms with Crippen LogP contribution in [-0.2, 0) is 31.9 Å². The van der Waals surface area contributed by atoms with Crippen LogP contribution in [0.5, 0.6) is 0 Å². The molecule has 310 valence electrons. The fraction of sp³-hybridized carbons (Fsp3) is 0.595. The molecule has 7 rings (SSSR count). The molecule has 4 amide bonds. The highest BCUT2D eigenvalue weighted by molar-refractivity contribution is 5.91. The fourth-order valence-electron chi connectivity index (χ4n) is 8.71. The molecule has 0 radical (unpaired) electrons. The summed E-state index contributed by atoms with van der Waals surface area (Å²) in [7, 11) is 5.33. The summed E-state index contributed by atoms with van der Waals surface area (Å²) in [6.07, 6.45) is 6.35. The number of aryl methyl sites for hydroxylation is 1. The Morgan fingerprint density at radius 1 is 0.930 bits per heavy atom. The third kappa shape index (κ3) is 10.4. The minimum absolute atomic E-state index is 0.0403. The first-order chi connectivity index (χ1) is 27.4. The maximum absolute atomic E-state index is 13.2. The number of likely N-dealkylation sites (N-methyl/N-ethyl adjacent to an activating group) is 1. The molecule has 2 aromatic carbocycles. The van der Waals surface area contributed by atoms with E-state index in [2.05, 4.69) is 21.3 Å². The Hall–Kier alpha value is -4.89. The maximum Gasteiger partial charge on any atom is 0.417 e. The van der Waals surface area contributed by atoms with Crippen LogP contribution < -0.4 is 11.1 Å². The second kappa shape index (κ2) is 19.0. The van der Waals surface area contributed by atoms with E-state index in [4.69, 9.17) is 13.9 Å². The van der Waals surface area contributed by atoms with Gasteiger partial charge >= 0.3 is 23.8 Å². The number of aromatic amines is 1. The number of hydrogen-bond acceptors (Lipinski definition) is 10. The van der Waals surface area contributed by atoms with Crippen molar-refractivity contribution >= 4 is 40.8 Å². The summed E-state index contributed by atoms with van der Waals surface area (Å²) in [5.41, 5.74) is 5.24. The lowest BCUT2D eigenvalue weighted by Gasteiger charge is -2.39. The van der Waals surface area contributed by atoms with Gasteiger partial charge in [0.25, 0.3) is 0 Å². The van der Waals surface area contributed by atoms with Gasteiger partial charge < -0.3 is 38.8 Å². The van der Waals surface area contributed by atoms with Crippen LogP contribution in [0.25, 0.3) is 11.1 Å². The standard InChI is InChI=1S/C26H38N4O5.C16H21N3O3/c1-17-14-19(16-22-23(17)27-26(33)35-22)15-18(2)24(31)29-10-7-20(8-11-29)30-9-5-6-21(30)25(32)34-13-12-28(3)4;1-22-16(21)18-9-7-13(8-10-18)19-11-6-12-4-2-3-5-14(12)17-15(19)20/h14,16,18,20-21H,5-13,15H2,1-4H3,(H,27,33);2-5,13H,6-11H2,1H3,(H,17,20)/t18-,21+;/m1./s1. The molecule has 4 aliphatic heterocycles. The molecule has 3 fully saturated rings. The van der Waals surface area contributed by atoms with Gasteiger partial charge in [-0.05, 0) is 108 Å². The summed E-state index contributed by atoms with van der Waals surface area (Å²) >= 11 is 0.